The third kappa shape index (κ3) is 6.22. The first-order valence-corrected chi connectivity index (χ1v) is 8.05. The van der Waals surface area contributed by atoms with Crippen LogP contribution in [0.2, 0.25) is 0 Å². The van der Waals surface area contributed by atoms with Gasteiger partial charge in [-0.15, -0.1) is 0 Å². The number of amides is 1. The number of carbonyl (C=O) groups is 2. The highest BCUT2D eigenvalue weighted by Gasteiger charge is 2.24. The van der Waals surface area contributed by atoms with Crippen LogP contribution in [-0.4, -0.2) is 23.0 Å². The monoisotopic (exact) mass is 345 g/mol. The molecule has 134 valence electrons. The Kier molecular flexibility index (Phi) is 8.29. The third-order valence-corrected chi connectivity index (χ3v) is 3.68. The molecule has 0 aliphatic carbocycles. The molecule has 0 bridgehead atoms. The molecule has 2 N–H and O–H groups in total. The van der Waals surface area contributed by atoms with Crippen molar-refractivity contribution in [2.45, 2.75) is 57.9 Å². The van der Waals surface area contributed by atoms with Gasteiger partial charge < -0.3 is 10.4 Å². The molecule has 1 aromatic carbocycles. The number of benzene rings is 1. The lowest BCUT2D eigenvalue weighted by atomic mass is 10.0. The zero-order chi connectivity index (χ0) is 18.1. The molecule has 1 rings (SSSR count). The van der Waals surface area contributed by atoms with Crippen LogP contribution in [0.5, 0.6) is 0 Å². The SMILES string of the molecule is CCCCCCCC[C@H](NC(=O)c1c(F)cc(F)cc1F)C(=O)O. The summed E-state index contributed by atoms with van der Waals surface area (Å²) in [5.41, 5.74) is -0.981. The van der Waals surface area contributed by atoms with Crippen LogP contribution in [-0.2, 0) is 4.79 Å². The summed E-state index contributed by atoms with van der Waals surface area (Å²) in [6, 6.07) is -0.490. The fourth-order valence-electron chi connectivity index (χ4n) is 2.38. The Balaban J connectivity index is 2.62. The number of carboxylic acid groups (broad SMARTS) is 1. The highest BCUT2D eigenvalue weighted by molar-refractivity contribution is 5.97. The fraction of sp³-hybridized carbons (Fsp3) is 0.529. The zero-order valence-electron chi connectivity index (χ0n) is 13.6. The molecule has 0 aromatic heterocycles. The Labute approximate surface area is 139 Å². The van der Waals surface area contributed by atoms with Crippen molar-refractivity contribution in [2.75, 3.05) is 0 Å². The lowest BCUT2D eigenvalue weighted by Gasteiger charge is -2.15. The van der Waals surface area contributed by atoms with Crippen LogP contribution < -0.4 is 5.32 Å². The molecule has 4 nitrogen and oxygen atoms in total. The van der Waals surface area contributed by atoms with Crippen molar-refractivity contribution in [3.05, 3.63) is 35.1 Å². The van der Waals surface area contributed by atoms with Crippen molar-refractivity contribution >= 4 is 11.9 Å². The molecule has 0 unspecified atom stereocenters. The second kappa shape index (κ2) is 9.95. The lowest BCUT2D eigenvalue weighted by molar-refractivity contribution is -0.139. The van der Waals surface area contributed by atoms with Gasteiger partial charge in [0, 0.05) is 12.1 Å². The molecule has 0 heterocycles. The maximum absolute atomic E-state index is 13.5. The maximum Gasteiger partial charge on any atom is 0.326 e. The standard InChI is InChI=1S/C17H22F3NO3/c1-2-3-4-5-6-7-8-14(17(23)24)21-16(22)15-12(19)9-11(18)10-13(15)20/h9-10,14H,2-8H2,1H3,(H,21,22)(H,23,24)/t14-/m0/s1. The number of rotatable bonds is 10. The summed E-state index contributed by atoms with van der Waals surface area (Å²) in [5.74, 6) is -6.37. The van der Waals surface area contributed by atoms with Crippen LogP contribution in [0.4, 0.5) is 13.2 Å². The van der Waals surface area contributed by atoms with E-state index in [0.717, 1.165) is 32.1 Å². The topological polar surface area (TPSA) is 66.4 Å². The van der Waals surface area contributed by atoms with Gasteiger partial charge in [-0.2, -0.15) is 0 Å². The van der Waals surface area contributed by atoms with E-state index in [0.29, 0.717) is 18.6 Å². The number of carboxylic acids is 1. The molecule has 0 fully saturated rings. The molecule has 24 heavy (non-hydrogen) atoms. The molecule has 0 spiro atoms. The first-order valence-electron chi connectivity index (χ1n) is 8.05. The summed E-state index contributed by atoms with van der Waals surface area (Å²) in [6.07, 6.45) is 5.80. The first kappa shape index (κ1) is 20.0. The van der Waals surface area contributed by atoms with Gasteiger partial charge >= 0.3 is 5.97 Å². The molecular weight excluding hydrogens is 323 g/mol. The van der Waals surface area contributed by atoms with E-state index in [-0.39, 0.29) is 6.42 Å². The quantitative estimate of drug-likeness (QED) is 0.629. The highest BCUT2D eigenvalue weighted by atomic mass is 19.1. The van der Waals surface area contributed by atoms with E-state index >= 15 is 0 Å². The van der Waals surface area contributed by atoms with Gasteiger partial charge in [0.15, 0.2) is 0 Å². The lowest BCUT2D eigenvalue weighted by Crippen LogP contribution is -2.41. The summed E-state index contributed by atoms with van der Waals surface area (Å²) >= 11 is 0. The van der Waals surface area contributed by atoms with E-state index < -0.39 is 40.9 Å². The molecule has 0 saturated carbocycles. The van der Waals surface area contributed by atoms with E-state index in [1.807, 2.05) is 0 Å². The van der Waals surface area contributed by atoms with E-state index in [4.69, 9.17) is 5.11 Å². The molecule has 0 aliphatic heterocycles. The predicted molar refractivity (Wildman–Crippen MR) is 83.2 cm³/mol. The first-order chi connectivity index (χ1) is 11.4. The Morgan fingerprint density at radius 2 is 1.58 bits per heavy atom. The summed E-state index contributed by atoms with van der Waals surface area (Å²) in [5, 5.41) is 11.2. The van der Waals surface area contributed by atoms with Crippen molar-refractivity contribution < 1.29 is 27.9 Å². The van der Waals surface area contributed by atoms with Crippen molar-refractivity contribution in [1.82, 2.24) is 5.32 Å². The number of aliphatic carboxylic acids is 1. The van der Waals surface area contributed by atoms with Crippen LogP contribution in [0.3, 0.4) is 0 Å². The molecule has 7 heteroatoms. The average molecular weight is 345 g/mol. The van der Waals surface area contributed by atoms with Crippen LogP contribution in [0, 0.1) is 17.5 Å². The van der Waals surface area contributed by atoms with Gasteiger partial charge in [-0.25, -0.2) is 18.0 Å². The third-order valence-electron chi connectivity index (χ3n) is 3.68. The van der Waals surface area contributed by atoms with Gasteiger partial charge in [0.1, 0.15) is 29.1 Å². The van der Waals surface area contributed by atoms with Gasteiger partial charge in [-0.3, -0.25) is 4.79 Å². The second-order valence-electron chi connectivity index (χ2n) is 5.67. The fourth-order valence-corrected chi connectivity index (χ4v) is 2.38. The van der Waals surface area contributed by atoms with Gasteiger partial charge in [0.2, 0.25) is 0 Å². The Bertz CT molecular complexity index is 555. The number of nitrogens with one attached hydrogen (secondary N) is 1. The smallest absolute Gasteiger partial charge is 0.326 e. The Morgan fingerprint density at radius 1 is 1.04 bits per heavy atom. The van der Waals surface area contributed by atoms with Crippen LogP contribution in [0.15, 0.2) is 12.1 Å². The molecule has 1 amide bonds. The molecule has 0 aliphatic rings. The van der Waals surface area contributed by atoms with Gasteiger partial charge in [-0.05, 0) is 6.42 Å². The Hall–Kier alpha value is -2.05. The van der Waals surface area contributed by atoms with Crippen LogP contribution in [0.1, 0.15) is 62.2 Å². The maximum atomic E-state index is 13.5. The molecule has 1 aromatic rings. The summed E-state index contributed by atoms with van der Waals surface area (Å²) < 4.78 is 40.0. The number of hydrogen-bond donors (Lipinski definition) is 2. The van der Waals surface area contributed by atoms with Crippen molar-refractivity contribution in [1.29, 1.82) is 0 Å². The average Bonchev–Trinajstić information content (AvgIpc) is 2.48. The summed E-state index contributed by atoms with van der Waals surface area (Å²) in [6.45, 7) is 2.09. The summed E-state index contributed by atoms with van der Waals surface area (Å²) in [4.78, 5) is 23.1. The van der Waals surface area contributed by atoms with Crippen molar-refractivity contribution in [2.24, 2.45) is 0 Å². The van der Waals surface area contributed by atoms with E-state index in [1.165, 1.54) is 0 Å². The Morgan fingerprint density at radius 3 is 2.12 bits per heavy atom. The predicted octanol–water partition coefficient (Wildman–Crippen LogP) is 4.04. The van der Waals surface area contributed by atoms with Gasteiger partial charge in [0.25, 0.3) is 5.91 Å². The van der Waals surface area contributed by atoms with Gasteiger partial charge in [-0.1, -0.05) is 45.4 Å². The molecule has 0 saturated heterocycles. The van der Waals surface area contributed by atoms with Crippen LogP contribution in [0.25, 0.3) is 0 Å². The second-order valence-corrected chi connectivity index (χ2v) is 5.67. The highest BCUT2D eigenvalue weighted by Crippen LogP contribution is 2.16. The minimum atomic E-state index is -1.37. The number of carbonyl (C=O) groups excluding carboxylic acids is 1. The van der Waals surface area contributed by atoms with Crippen LogP contribution >= 0.6 is 0 Å². The molecule has 1 atom stereocenters. The van der Waals surface area contributed by atoms with E-state index in [9.17, 15) is 22.8 Å². The number of unbranched alkanes of at least 4 members (excludes halogenated alkanes) is 5. The number of halogens is 3. The zero-order valence-corrected chi connectivity index (χ0v) is 13.6. The van der Waals surface area contributed by atoms with E-state index in [1.54, 1.807) is 0 Å². The minimum absolute atomic E-state index is 0.164. The van der Waals surface area contributed by atoms with Crippen molar-refractivity contribution in [3.8, 4) is 0 Å². The largest absolute Gasteiger partial charge is 0.480 e. The number of hydrogen-bond acceptors (Lipinski definition) is 2. The minimum Gasteiger partial charge on any atom is -0.480 e. The molecular formula is C17H22F3NO3. The normalized spacial score (nSPS) is 12.0. The van der Waals surface area contributed by atoms with E-state index in [2.05, 4.69) is 12.2 Å². The summed E-state index contributed by atoms with van der Waals surface area (Å²) in [7, 11) is 0. The molecule has 0 radical (unpaired) electrons. The van der Waals surface area contributed by atoms with Gasteiger partial charge in [0.05, 0.1) is 0 Å². The van der Waals surface area contributed by atoms with Crippen molar-refractivity contribution in [3.63, 3.8) is 0 Å².